The van der Waals surface area contributed by atoms with Gasteiger partial charge in [-0.25, -0.2) is 4.98 Å². The quantitative estimate of drug-likeness (QED) is 0.833. The third kappa shape index (κ3) is 2.13. The molecule has 0 saturated heterocycles. The third-order valence-corrected chi connectivity index (χ3v) is 3.43. The summed E-state index contributed by atoms with van der Waals surface area (Å²) in [4.78, 5) is 7.34. The molecule has 1 aliphatic rings. The number of rotatable bonds is 2. The van der Waals surface area contributed by atoms with Gasteiger partial charge in [0.25, 0.3) is 0 Å². The smallest absolute Gasteiger partial charge is 0.140 e. The molecule has 1 aliphatic carbocycles. The van der Waals surface area contributed by atoms with Crippen molar-refractivity contribution in [2.75, 3.05) is 0 Å². The Morgan fingerprint density at radius 2 is 2.06 bits per heavy atom. The van der Waals surface area contributed by atoms with Gasteiger partial charge in [-0.3, -0.25) is 0 Å². The predicted octanol–water partition coefficient (Wildman–Crippen LogP) is 2.21. The normalized spacial score (nSPS) is 25.0. The molecule has 17 heavy (non-hydrogen) atoms. The highest BCUT2D eigenvalue weighted by Gasteiger charge is 2.20. The van der Waals surface area contributed by atoms with Gasteiger partial charge in [-0.1, -0.05) is 0 Å². The first kappa shape index (κ1) is 10.6. The summed E-state index contributed by atoms with van der Waals surface area (Å²) in [5.74, 6) is 0.928. The number of hydrogen-bond acceptors (Lipinski definition) is 3. The van der Waals surface area contributed by atoms with Crippen LogP contribution in [0.15, 0.2) is 24.5 Å². The van der Waals surface area contributed by atoms with Crippen molar-refractivity contribution >= 4 is 11.0 Å². The number of aromatic amines is 1. The summed E-state index contributed by atoms with van der Waals surface area (Å²) < 4.78 is 6.06. The molecule has 0 unspecified atom stereocenters. The molecule has 0 radical (unpaired) electrons. The van der Waals surface area contributed by atoms with Gasteiger partial charge in [0.15, 0.2) is 0 Å². The average Bonchev–Trinajstić information content (AvgIpc) is 2.81. The molecule has 0 amide bonds. The molecule has 3 rings (SSSR count). The lowest BCUT2D eigenvalue weighted by atomic mass is 9.94. The van der Waals surface area contributed by atoms with Crippen LogP contribution in [0.25, 0.3) is 11.0 Å². The fourth-order valence-electron chi connectivity index (χ4n) is 2.42. The summed E-state index contributed by atoms with van der Waals surface area (Å²) in [5.41, 5.74) is 6.78. The Morgan fingerprint density at radius 3 is 2.88 bits per heavy atom. The average molecular weight is 231 g/mol. The Balaban J connectivity index is 1.78. The number of aromatic nitrogens is 2. The zero-order chi connectivity index (χ0) is 11.7. The molecule has 4 nitrogen and oxygen atoms in total. The summed E-state index contributed by atoms with van der Waals surface area (Å²) >= 11 is 0. The van der Waals surface area contributed by atoms with Gasteiger partial charge in [0.1, 0.15) is 11.4 Å². The van der Waals surface area contributed by atoms with Crippen molar-refractivity contribution in [1.82, 2.24) is 9.97 Å². The Hall–Kier alpha value is -1.55. The SMILES string of the molecule is NC1CCC(Oc2ccnc3[nH]ccc23)CC1. The van der Waals surface area contributed by atoms with Crippen LogP contribution in [0.5, 0.6) is 5.75 Å². The maximum Gasteiger partial charge on any atom is 0.140 e. The molecule has 3 N–H and O–H groups in total. The molecule has 4 heteroatoms. The molecule has 90 valence electrons. The number of hydrogen-bond donors (Lipinski definition) is 2. The van der Waals surface area contributed by atoms with E-state index in [2.05, 4.69) is 9.97 Å². The van der Waals surface area contributed by atoms with Gasteiger partial charge < -0.3 is 15.5 Å². The predicted molar refractivity (Wildman–Crippen MR) is 67.0 cm³/mol. The first-order chi connectivity index (χ1) is 8.33. The van der Waals surface area contributed by atoms with Crippen molar-refractivity contribution in [3.05, 3.63) is 24.5 Å². The minimum absolute atomic E-state index is 0.301. The van der Waals surface area contributed by atoms with Crippen LogP contribution in [0.3, 0.4) is 0 Å². The van der Waals surface area contributed by atoms with Crippen molar-refractivity contribution in [2.45, 2.75) is 37.8 Å². The molecule has 1 fully saturated rings. The van der Waals surface area contributed by atoms with E-state index in [1.807, 2.05) is 18.3 Å². The second-order valence-electron chi connectivity index (χ2n) is 4.70. The van der Waals surface area contributed by atoms with Crippen LogP contribution in [0, 0.1) is 0 Å². The van der Waals surface area contributed by atoms with E-state index < -0.39 is 0 Å². The van der Waals surface area contributed by atoms with E-state index in [-0.39, 0.29) is 0 Å². The van der Waals surface area contributed by atoms with E-state index in [0.29, 0.717) is 12.1 Å². The molecule has 0 atom stereocenters. The molecule has 0 bridgehead atoms. The second kappa shape index (κ2) is 4.37. The summed E-state index contributed by atoms with van der Waals surface area (Å²) in [6, 6.07) is 4.30. The number of nitrogens with one attached hydrogen (secondary N) is 1. The molecule has 2 aromatic rings. The fourth-order valence-corrected chi connectivity index (χ4v) is 2.42. The summed E-state index contributed by atoms with van der Waals surface area (Å²) in [6.45, 7) is 0. The van der Waals surface area contributed by atoms with Crippen LogP contribution < -0.4 is 10.5 Å². The van der Waals surface area contributed by atoms with Crippen molar-refractivity contribution in [1.29, 1.82) is 0 Å². The van der Waals surface area contributed by atoms with Crippen molar-refractivity contribution < 1.29 is 4.74 Å². The molecule has 0 spiro atoms. The van der Waals surface area contributed by atoms with Crippen molar-refractivity contribution in [3.63, 3.8) is 0 Å². The highest BCUT2D eigenvalue weighted by Crippen LogP contribution is 2.27. The number of nitrogens with two attached hydrogens (primary N) is 1. The maximum absolute atomic E-state index is 6.06. The number of ether oxygens (including phenoxy) is 1. The topological polar surface area (TPSA) is 63.9 Å². The van der Waals surface area contributed by atoms with E-state index >= 15 is 0 Å². The van der Waals surface area contributed by atoms with Gasteiger partial charge in [-0.2, -0.15) is 0 Å². The largest absolute Gasteiger partial charge is 0.490 e. The fraction of sp³-hybridized carbons (Fsp3) is 0.462. The highest BCUT2D eigenvalue weighted by atomic mass is 16.5. The molecule has 0 aromatic carbocycles. The number of pyridine rings is 1. The standard InChI is InChI=1S/C13H17N3O/c14-9-1-3-10(4-2-9)17-12-6-8-16-13-11(12)5-7-15-13/h5-10H,1-4,14H2,(H,15,16). The highest BCUT2D eigenvalue weighted by molar-refractivity contribution is 5.82. The van der Waals surface area contributed by atoms with Crippen LogP contribution in [-0.4, -0.2) is 22.1 Å². The lowest BCUT2D eigenvalue weighted by Gasteiger charge is -2.26. The van der Waals surface area contributed by atoms with Gasteiger partial charge in [-0.15, -0.1) is 0 Å². The Morgan fingerprint density at radius 1 is 1.24 bits per heavy atom. The maximum atomic E-state index is 6.06. The first-order valence-electron chi connectivity index (χ1n) is 6.17. The lowest BCUT2D eigenvalue weighted by molar-refractivity contribution is 0.149. The van der Waals surface area contributed by atoms with Gasteiger partial charge in [-0.05, 0) is 37.8 Å². The van der Waals surface area contributed by atoms with E-state index in [9.17, 15) is 0 Å². The summed E-state index contributed by atoms with van der Waals surface area (Å²) in [6.07, 6.45) is 8.20. The van der Waals surface area contributed by atoms with E-state index in [1.54, 1.807) is 6.20 Å². The molecule has 1 saturated carbocycles. The van der Waals surface area contributed by atoms with E-state index in [0.717, 1.165) is 42.5 Å². The van der Waals surface area contributed by atoms with Crippen molar-refractivity contribution in [2.24, 2.45) is 5.73 Å². The lowest BCUT2D eigenvalue weighted by Crippen LogP contribution is -2.31. The number of nitrogens with zero attached hydrogens (tertiary/aromatic N) is 1. The Bertz CT molecular complexity index is 500. The number of H-pyrrole nitrogens is 1. The molecule has 0 aliphatic heterocycles. The third-order valence-electron chi connectivity index (χ3n) is 3.43. The monoisotopic (exact) mass is 231 g/mol. The van der Waals surface area contributed by atoms with E-state index in [1.165, 1.54) is 0 Å². The van der Waals surface area contributed by atoms with E-state index in [4.69, 9.17) is 10.5 Å². The minimum atomic E-state index is 0.301. The molecule has 2 aromatic heterocycles. The first-order valence-corrected chi connectivity index (χ1v) is 6.17. The van der Waals surface area contributed by atoms with Crippen LogP contribution in [0.1, 0.15) is 25.7 Å². The zero-order valence-electron chi connectivity index (χ0n) is 9.73. The van der Waals surface area contributed by atoms with Crippen LogP contribution >= 0.6 is 0 Å². The Kier molecular flexibility index (Phi) is 2.73. The van der Waals surface area contributed by atoms with Crippen LogP contribution in [0.2, 0.25) is 0 Å². The Labute approximate surface area is 100 Å². The van der Waals surface area contributed by atoms with Crippen LogP contribution in [-0.2, 0) is 0 Å². The zero-order valence-corrected chi connectivity index (χ0v) is 9.73. The minimum Gasteiger partial charge on any atom is -0.490 e. The number of fused-ring (bicyclic) bond motifs is 1. The van der Waals surface area contributed by atoms with Gasteiger partial charge in [0.2, 0.25) is 0 Å². The van der Waals surface area contributed by atoms with Gasteiger partial charge in [0, 0.05) is 18.4 Å². The summed E-state index contributed by atoms with van der Waals surface area (Å²) in [5, 5.41) is 1.06. The second-order valence-corrected chi connectivity index (χ2v) is 4.70. The van der Waals surface area contributed by atoms with Gasteiger partial charge in [0.05, 0.1) is 11.5 Å². The summed E-state index contributed by atoms with van der Waals surface area (Å²) in [7, 11) is 0. The van der Waals surface area contributed by atoms with Crippen molar-refractivity contribution in [3.8, 4) is 5.75 Å². The van der Waals surface area contributed by atoms with Gasteiger partial charge >= 0.3 is 0 Å². The molecule has 2 heterocycles. The van der Waals surface area contributed by atoms with Crippen LogP contribution in [0.4, 0.5) is 0 Å². The molecular weight excluding hydrogens is 214 g/mol. The molecular formula is C13H17N3O.